The van der Waals surface area contributed by atoms with Gasteiger partial charge in [-0.25, -0.2) is 0 Å². The van der Waals surface area contributed by atoms with E-state index in [9.17, 15) is 4.79 Å². The fourth-order valence-corrected chi connectivity index (χ4v) is 2.71. The molecule has 1 amide bonds. The largest absolute Gasteiger partial charge is 0.340 e. The van der Waals surface area contributed by atoms with Crippen LogP contribution >= 0.6 is 0 Å². The molecule has 0 radical (unpaired) electrons. The monoisotopic (exact) mass is 316 g/mol. The number of nitrogens with one attached hydrogen (secondary N) is 1. The predicted molar refractivity (Wildman–Crippen MR) is 95.9 cm³/mol. The highest BCUT2D eigenvalue weighted by atomic mass is 16.1. The first kappa shape index (κ1) is 15.9. The summed E-state index contributed by atoms with van der Waals surface area (Å²) in [6.45, 7) is 3.94. The molecule has 0 saturated heterocycles. The Labute approximate surface area is 142 Å². The van der Waals surface area contributed by atoms with Gasteiger partial charge >= 0.3 is 0 Å². The van der Waals surface area contributed by atoms with Crippen molar-refractivity contribution in [2.24, 2.45) is 0 Å². The number of nitrogens with zero attached hydrogens (tertiary/aromatic N) is 1. The van der Waals surface area contributed by atoms with Gasteiger partial charge in [-0.3, -0.25) is 9.78 Å². The Bertz CT molecular complexity index is 789. The molecule has 1 atom stereocenters. The van der Waals surface area contributed by atoms with Crippen molar-refractivity contribution in [3.63, 3.8) is 0 Å². The van der Waals surface area contributed by atoms with Crippen molar-refractivity contribution in [3.8, 4) is 0 Å². The molecule has 0 spiro atoms. The Morgan fingerprint density at radius 1 is 0.958 bits per heavy atom. The lowest BCUT2D eigenvalue weighted by Gasteiger charge is -2.19. The van der Waals surface area contributed by atoms with Crippen molar-refractivity contribution >= 4 is 5.91 Å². The standard InChI is InChI=1S/C21H20N2O/c1-15-11-12-16(2)18(14-15)21(24)23-20(17-8-4-3-5-9-17)19-10-6-7-13-22-19/h3-14,20H,1-2H3,(H,23,24). The molecule has 120 valence electrons. The Balaban J connectivity index is 1.95. The number of hydrogen-bond acceptors (Lipinski definition) is 2. The number of pyridine rings is 1. The summed E-state index contributed by atoms with van der Waals surface area (Å²) in [4.78, 5) is 17.3. The third kappa shape index (κ3) is 3.51. The first-order valence-electron chi connectivity index (χ1n) is 7.99. The van der Waals surface area contributed by atoms with E-state index in [1.165, 1.54) is 0 Å². The maximum Gasteiger partial charge on any atom is 0.252 e. The molecule has 1 N–H and O–H groups in total. The van der Waals surface area contributed by atoms with Crippen LogP contribution in [0.2, 0.25) is 0 Å². The molecule has 3 nitrogen and oxygen atoms in total. The Hall–Kier alpha value is -2.94. The van der Waals surface area contributed by atoms with Gasteiger partial charge in [-0.05, 0) is 43.2 Å². The number of aromatic nitrogens is 1. The summed E-state index contributed by atoms with van der Waals surface area (Å²) >= 11 is 0. The van der Waals surface area contributed by atoms with E-state index >= 15 is 0 Å². The van der Waals surface area contributed by atoms with Gasteiger partial charge in [-0.2, -0.15) is 0 Å². The van der Waals surface area contributed by atoms with E-state index in [4.69, 9.17) is 0 Å². The zero-order chi connectivity index (χ0) is 16.9. The lowest BCUT2D eigenvalue weighted by molar-refractivity contribution is 0.0941. The molecule has 2 aromatic carbocycles. The molecule has 0 fully saturated rings. The van der Waals surface area contributed by atoms with Gasteiger partial charge in [0.1, 0.15) is 0 Å². The summed E-state index contributed by atoms with van der Waals surface area (Å²) in [6, 6.07) is 21.3. The van der Waals surface area contributed by atoms with E-state index in [2.05, 4.69) is 10.3 Å². The number of benzene rings is 2. The van der Waals surface area contributed by atoms with Crippen molar-refractivity contribution in [2.75, 3.05) is 0 Å². The predicted octanol–water partition coefficient (Wildman–Crippen LogP) is 4.22. The minimum Gasteiger partial charge on any atom is -0.340 e. The molecule has 0 aliphatic rings. The van der Waals surface area contributed by atoms with E-state index in [0.717, 1.165) is 22.4 Å². The molecule has 0 bridgehead atoms. The van der Waals surface area contributed by atoms with E-state index < -0.39 is 0 Å². The number of rotatable bonds is 4. The van der Waals surface area contributed by atoms with E-state index in [1.807, 2.05) is 80.6 Å². The smallest absolute Gasteiger partial charge is 0.252 e. The molecule has 3 rings (SSSR count). The third-order valence-corrected chi connectivity index (χ3v) is 4.03. The van der Waals surface area contributed by atoms with Crippen LogP contribution in [0.4, 0.5) is 0 Å². The molecular formula is C21H20N2O. The van der Waals surface area contributed by atoms with Crippen LogP contribution in [0, 0.1) is 13.8 Å². The van der Waals surface area contributed by atoms with Gasteiger partial charge in [0, 0.05) is 11.8 Å². The van der Waals surface area contributed by atoms with Crippen LogP contribution in [0.5, 0.6) is 0 Å². The van der Waals surface area contributed by atoms with Gasteiger partial charge in [0.15, 0.2) is 0 Å². The van der Waals surface area contributed by atoms with Crippen LogP contribution in [0.25, 0.3) is 0 Å². The van der Waals surface area contributed by atoms with Crippen molar-refractivity contribution in [1.82, 2.24) is 10.3 Å². The van der Waals surface area contributed by atoms with E-state index in [-0.39, 0.29) is 11.9 Å². The second-order valence-corrected chi connectivity index (χ2v) is 5.89. The number of carbonyl (C=O) groups excluding carboxylic acids is 1. The first-order chi connectivity index (χ1) is 11.6. The quantitative estimate of drug-likeness (QED) is 0.783. The number of aryl methyl sites for hydroxylation is 2. The summed E-state index contributed by atoms with van der Waals surface area (Å²) in [6.07, 6.45) is 1.75. The van der Waals surface area contributed by atoms with Crippen molar-refractivity contribution in [1.29, 1.82) is 0 Å². The van der Waals surface area contributed by atoms with Gasteiger partial charge in [0.2, 0.25) is 0 Å². The topological polar surface area (TPSA) is 42.0 Å². The number of amides is 1. The minimum atomic E-state index is -0.278. The second kappa shape index (κ2) is 7.09. The number of hydrogen-bond donors (Lipinski definition) is 1. The van der Waals surface area contributed by atoms with Crippen LogP contribution in [0.3, 0.4) is 0 Å². The fourth-order valence-electron chi connectivity index (χ4n) is 2.71. The molecule has 1 unspecified atom stereocenters. The van der Waals surface area contributed by atoms with Gasteiger partial charge in [0.25, 0.3) is 5.91 Å². The van der Waals surface area contributed by atoms with E-state index in [1.54, 1.807) is 6.20 Å². The lowest BCUT2D eigenvalue weighted by Crippen LogP contribution is -2.30. The average Bonchev–Trinajstić information content (AvgIpc) is 2.63. The summed E-state index contributed by atoms with van der Waals surface area (Å²) in [5, 5.41) is 3.13. The third-order valence-electron chi connectivity index (χ3n) is 4.03. The average molecular weight is 316 g/mol. The van der Waals surface area contributed by atoms with Crippen LogP contribution in [-0.2, 0) is 0 Å². The van der Waals surface area contributed by atoms with Gasteiger partial charge in [-0.15, -0.1) is 0 Å². The Kier molecular flexibility index (Phi) is 4.71. The molecule has 1 aromatic heterocycles. The Morgan fingerprint density at radius 3 is 2.42 bits per heavy atom. The highest BCUT2D eigenvalue weighted by Crippen LogP contribution is 2.21. The zero-order valence-corrected chi connectivity index (χ0v) is 13.9. The van der Waals surface area contributed by atoms with Gasteiger partial charge < -0.3 is 5.32 Å². The molecule has 1 heterocycles. The molecule has 0 aliphatic carbocycles. The molecule has 0 aliphatic heterocycles. The highest BCUT2D eigenvalue weighted by molar-refractivity contribution is 5.96. The van der Waals surface area contributed by atoms with Crippen LogP contribution < -0.4 is 5.32 Å². The summed E-state index contributed by atoms with van der Waals surface area (Å²) in [5.41, 5.74) is 4.56. The normalized spacial score (nSPS) is 11.8. The second-order valence-electron chi connectivity index (χ2n) is 5.89. The highest BCUT2D eigenvalue weighted by Gasteiger charge is 2.19. The molecular weight excluding hydrogens is 296 g/mol. The molecule has 3 heteroatoms. The van der Waals surface area contributed by atoms with Crippen molar-refractivity contribution in [3.05, 3.63) is 101 Å². The van der Waals surface area contributed by atoms with Crippen LogP contribution in [-0.4, -0.2) is 10.9 Å². The Morgan fingerprint density at radius 2 is 1.71 bits per heavy atom. The van der Waals surface area contributed by atoms with Gasteiger partial charge in [0.05, 0.1) is 11.7 Å². The molecule has 3 aromatic rings. The maximum atomic E-state index is 12.8. The minimum absolute atomic E-state index is 0.0873. The summed E-state index contributed by atoms with van der Waals surface area (Å²) in [5.74, 6) is -0.0873. The summed E-state index contributed by atoms with van der Waals surface area (Å²) in [7, 11) is 0. The zero-order valence-electron chi connectivity index (χ0n) is 13.9. The molecule has 24 heavy (non-hydrogen) atoms. The SMILES string of the molecule is Cc1ccc(C)c(C(=O)NC(c2ccccc2)c2ccccn2)c1. The summed E-state index contributed by atoms with van der Waals surface area (Å²) < 4.78 is 0. The number of carbonyl (C=O) groups is 1. The molecule has 0 saturated carbocycles. The fraction of sp³-hybridized carbons (Fsp3) is 0.143. The van der Waals surface area contributed by atoms with Crippen molar-refractivity contribution in [2.45, 2.75) is 19.9 Å². The maximum absolute atomic E-state index is 12.8. The lowest BCUT2D eigenvalue weighted by atomic mass is 10.0. The van der Waals surface area contributed by atoms with Gasteiger partial charge in [-0.1, -0.05) is 54.1 Å². The first-order valence-corrected chi connectivity index (χ1v) is 7.99. The van der Waals surface area contributed by atoms with Crippen LogP contribution in [0.1, 0.15) is 38.8 Å². The van der Waals surface area contributed by atoms with Crippen LogP contribution in [0.15, 0.2) is 72.9 Å². The van der Waals surface area contributed by atoms with Crippen molar-refractivity contribution < 1.29 is 4.79 Å². The van der Waals surface area contributed by atoms with E-state index in [0.29, 0.717) is 5.56 Å².